The van der Waals surface area contributed by atoms with Crippen LogP contribution in [0.25, 0.3) is 10.9 Å². The summed E-state index contributed by atoms with van der Waals surface area (Å²) < 4.78 is 0. The monoisotopic (exact) mass is 317 g/mol. The molecule has 0 spiro atoms. The fraction of sp³-hybridized carbons (Fsp3) is 0.0556. The molecule has 6 nitrogen and oxygen atoms in total. The number of anilines is 2. The number of carbonyl (C=O) groups excluding carboxylic acids is 1. The minimum atomic E-state index is -0.462. The van der Waals surface area contributed by atoms with E-state index in [4.69, 9.17) is 0 Å². The van der Waals surface area contributed by atoms with Gasteiger partial charge in [-0.3, -0.25) is 9.89 Å². The predicted molar refractivity (Wildman–Crippen MR) is 93.2 cm³/mol. The zero-order chi connectivity index (χ0) is 16.9. The van der Waals surface area contributed by atoms with E-state index in [0.29, 0.717) is 5.69 Å². The number of carbonyl (C=O) groups is 1. The molecular weight excluding hydrogens is 302 g/mol. The summed E-state index contributed by atoms with van der Waals surface area (Å²) in [5.41, 5.74) is 3.35. The first-order chi connectivity index (χ1) is 11.7. The topological polar surface area (TPSA) is 93.6 Å². The van der Waals surface area contributed by atoms with Crippen molar-refractivity contribution in [3.8, 4) is 6.07 Å². The maximum Gasteiger partial charge on any atom is 0.267 e. The molecule has 3 aromatic rings. The molecule has 0 bridgehead atoms. The highest BCUT2D eigenvalue weighted by Crippen LogP contribution is 2.17. The van der Waals surface area contributed by atoms with Crippen molar-refractivity contribution < 1.29 is 4.79 Å². The zero-order valence-electron chi connectivity index (χ0n) is 13.0. The molecule has 6 heteroatoms. The number of H-pyrrole nitrogens is 1. The van der Waals surface area contributed by atoms with E-state index in [9.17, 15) is 10.1 Å². The summed E-state index contributed by atoms with van der Waals surface area (Å²) in [6, 6.07) is 14.9. The number of aryl methyl sites for hydroxylation is 1. The lowest BCUT2D eigenvalue weighted by Crippen LogP contribution is -2.14. The molecule has 1 aromatic heterocycles. The molecule has 0 aliphatic rings. The number of aromatic nitrogens is 2. The number of fused-ring (bicyclic) bond motifs is 1. The predicted octanol–water partition coefficient (Wildman–Crippen LogP) is 3.33. The van der Waals surface area contributed by atoms with E-state index in [1.54, 1.807) is 18.3 Å². The van der Waals surface area contributed by atoms with Crippen LogP contribution < -0.4 is 10.6 Å². The van der Waals surface area contributed by atoms with Crippen molar-refractivity contribution in [2.24, 2.45) is 0 Å². The number of hydrogen-bond acceptors (Lipinski definition) is 4. The lowest BCUT2D eigenvalue weighted by molar-refractivity contribution is -0.112. The highest BCUT2D eigenvalue weighted by Gasteiger charge is 2.09. The number of nitrogens with zero attached hydrogens (tertiary/aromatic N) is 2. The van der Waals surface area contributed by atoms with Crippen LogP contribution in [0.15, 0.2) is 60.4 Å². The molecule has 0 atom stereocenters. The van der Waals surface area contributed by atoms with Crippen LogP contribution in [0.5, 0.6) is 0 Å². The van der Waals surface area contributed by atoms with Crippen LogP contribution in [-0.2, 0) is 4.79 Å². The smallest absolute Gasteiger partial charge is 0.267 e. The second-order valence-corrected chi connectivity index (χ2v) is 5.31. The van der Waals surface area contributed by atoms with Crippen molar-refractivity contribution in [1.82, 2.24) is 10.2 Å². The van der Waals surface area contributed by atoms with Gasteiger partial charge < -0.3 is 10.6 Å². The van der Waals surface area contributed by atoms with E-state index in [2.05, 4.69) is 20.8 Å². The lowest BCUT2D eigenvalue weighted by Gasteiger charge is -2.05. The van der Waals surface area contributed by atoms with Gasteiger partial charge in [-0.25, -0.2) is 0 Å². The van der Waals surface area contributed by atoms with Gasteiger partial charge in [-0.15, -0.1) is 0 Å². The summed E-state index contributed by atoms with van der Waals surface area (Å²) in [6.45, 7) is 1.96. The van der Waals surface area contributed by atoms with Crippen molar-refractivity contribution in [3.63, 3.8) is 0 Å². The molecule has 118 valence electrons. The number of nitrogens with one attached hydrogen (secondary N) is 3. The second kappa shape index (κ2) is 6.67. The first-order valence-electron chi connectivity index (χ1n) is 7.33. The van der Waals surface area contributed by atoms with Crippen molar-refractivity contribution in [2.75, 3.05) is 10.6 Å². The van der Waals surface area contributed by atoms with Gasteiger partial charge in [0.25, 0.3) is 5.91 Å². The van der Waals surface area contributed by atoms with Crippen LogP contribution >= 0.6 is 0 Å². The van der Waals surface area contributed by atoms with Crippen LogP contribution in [0.3, 0.4) is 0 Å². The maximum atomic E-state index is 12.2. The molecule has 0 radical (unpaired) electrons. The van der Waals surface area contributed by atoms with Gasteiger partial charge in [0.15, 0.2) is 0 Å². The number of nitriles is 1. The lowest BCUT2D eigenvalue weighted by atomic mass is 10.2. The molecule has 0 saturated carbocycles. The minimum Gasteiger partial charge on any atom is -0.360 e. The summed E-state index contributed by atoms with van der Waals surface area (Å²) in [6.07, 6.45) is 3.12. The molecule has 3 N–H and O–H groups in total. The van der Waals surface area contributed by atoms with Crippen LogP contribution in [0.2, 0.25) is 0 Å². The van der Waals surface area contributed by atoms with Crippen LogP contribution in [0.1, 0.15) is 5.56 Å². The van der Waals surface area contributed by atoms with Gasteiger partial charge in [-0.1, -0.05) is 17.7 Å². The first kappa shape index (κ1) is 15.3. The Morgan fingerprint density at radius 3 is 2.71 bits per heavy atom. The third-order valence-corrected chi connectivity index (χ3v) is 3.50. The van der Waals surface area contributed by atoms with Gasteiger partial charge in [0, 0.05) is 23.0 Å². The quantitative estimate of drug-likeness (QED) is 0.508. The van der Waals surface area contributed by atoms with E-state index >= 15 is 0 Å². The Hall–Kier alpha value is -3.59. The molecule has 0 unspecified atom stereocenters. The van der Waals surface area contributed by atoms with Gasteiger partial charge in [0.05, 0.1) is 11.7 Å². The molecule has 0 aliphatic carbocycles. The first-order valence-corrected chi connectivity index (χ1v) is 7.33. The molecule has 1 heterocycles. The highest BCUT2D eigenvalue weighted by molar-refractivity contribution is 6.06. The zero-order valence-corrected chi connectivity index (χ0v) is 13.0. The molecule has 0 aliphatic heterocycles. The Labute approximate surface area is 138 Å². The van der Waals surface area contributed by atoms with Crippen molar-refractivity contribution in [1.29, 1.82) is 5.26 Å². The SMILES string of the molecule is Cc1ccc(NC(=O)/C(C#N)=C\Nc2ccc3cn[nH]c3c2)cc1. The average Bonchev–Trinajstić information content (AvgIpc) is 3.05. The molecule has 0 fully saturated rings. The van der Waals surface area contributed by atoms with Crippen molar-refractivity contribution in [3.05, 3.63) is 66.0 Å². The highest BCUT2D eigenvalue weighted by atomic mass is 16.1. The number of rotatable bonds is 4. The number of amides is 1. The van der Waals surface area contributed by atoms with Gasteiger partial charge >= 0.3 is 0 Å². The molecule has 3 rings (SSSR count). The van der Waals surface area contributed by atoms with E-state index in [1.807, 2.05) is 43.3 Å². The Morgan fingerprint density at radius 2 is 1.96 bits per heavy atom. The molecular formula is C18H15N5O. The maximum absolute atomic E-state index is 12.2. The fourth-order valence-corrected chi connectivity index (χ4v) is 2.17. The van der Waals surface area contributed by atoms with Gasteiger partial charge in [-0.2, -0.15) is 10.4 Å². The molecule has 0 saturated heterocycles. The fourth-order valence-electron chi connectivity index (χ4n) is 2.17. The van der Waals surface area contributed by atoms with Crippen molar-refractivity contribution in [2.45, 2.75) is 6.92 Å². The van der Waals surface area contributed by atoms with Crippen LogP contribution in [0.4, 0.5) is 11.4 Å². The molecule has 2 aromatic carbocycles. The Balaban J connectivity index is 1.72. The number of benzene rings is 2. The average molecular weight is 317 g/mol. The molecule has 1 amide bonds. The second-order valence-electron chi connectivity index (χ2n) is 5.31. The standard InChI is InChI=1S/C18H15N5O/c1-12-2-5-15(6-3-12)22-18(24)14(9-19)10-20-16-7-4-13-11-21-23-17(13)8-16/h2-8,10-11,20H,1H3,(H,21,23)(H,22,24)/b14-10-. The largest absolute Gasteiger partial charge is 0.360 e. The Morgan fingerprint density at radius 1 is 1.21 bits per heavy atom. The summed E-state index contributed by atoms with van der Waals surface area (Å²) in [4.78, 5) is 12.2. The third kappa shape index (κ3) is 3.42. The van der Waals surface area contributed by atoms with Crippen LogP contribution in [-0.4, -0.2) is 16.1 Å². The van der Waals surface area contributed by atoms with Gasteiger partial charge in [-0.05, 0) is 37.3 Å². The summed E-state index contributed by atoms with van der Waals surface area (Å²) >= 11 is 0. The van der Waals surface area contributed by atoms with Gasteiger partial charge in [0.2, 0.25) is 0 Å². The normalized spacial score (nSPS) is 11.1. The van der Waals surface area contributed by atoms with Crippen molar-refractivity contribution >= 4 is 28.2 Å². The van der Waals surface area contributed by atoms with Crippen LogP contribution in [0, 0.1) is 18.3 Å². The summed E-state index contributed by atoms with van der Waals surface area (Å²) in [7, 11) is 0. The number of hydrogen-bond donors (Lipinski definition) is 3. The van der Waals surface area contributed by atoms with E-state index in [-0.39, 0.29) is 5.57 Å². The summed E-state index contributed by atoms with van der Waals surface area (Å²) in [5.74, 6) is -0.462. The van der Waals surface area contributed by atoms with Gasteiger partial charge in [0.1, 0.15) is 11.6 Å². The molecule has 24 heavy (non-hydrogen) atoms. The Bertz CT molecular complexity index is 947. The number of aromatic amines is 1. The Kier molecular flexibility index (Phi) is 4.25. The minimum absolute atomic E-state index is 0.0136. The summed E-state index contributed by atoms with van der Waals surface area (Å²) in [5, 5.41) is 22.7. The van der Waals surface area contributed by atoms with E-state index in [1.165, 1.54) is 6.20 Å². The van der Waals surface area contributed by atoms with E-state index < -0.39 is 5.91 Å². The third-order valence-electron chi connectivity index (χ3n) is 3.50. The van der Waals surface area contributed by atoms with E-state index in [0.717, 1.165) is 22.2 Å².